The molecule has 0 bridgehead atoms. The van der Waals surface area contributed by atoms with Crippen LogP contribution in [-0.2, 0) is 4.79 Å². The second-order valence-corrected chi connectivity index (χ2v) is 3.98. The Balaban J connectivity index is 2.93. The first-order chi connectivity index (χ1) is 5.52. The molecule has 0 saturated heterocycles. The van der Waals surface area contributed by atoms with Gasteiger partial charge < -0.3 is 5.11 Å². The first kappa shape index (κ1) is 9.59. The predicted octanol–water partition coefficient (Wildman–Crippen LogP) is 2.63. The molecule has 1 rings (SSSR count). The van der Waals surface area contributed by atoms with Gasteiger partial charge in [0.1, 0.15) is 0 Å². The van der Waals surface area contributed by atoms with Gasteiger partial charge in [0, 0.05) is 5.03 Å². The highest BCUT2D eigenvalue weighted by Crippen LogP contribution is 2.35. The summed E-state index contributed by atoms with van der Waals surface area (Å²) >= 11 is 5.89. The van der Waals surface area contributed by atoms with E-state index in [1.807, 2.05) is 6.92 Å². The molecule has 0 fully saturated rings. The van der Waals surface area contributed by atoms with Gasteiger partial charge in [-0.2, -0.15) is 0 Å². The third kappa shape index (κ3) is 1.81. The van der Waals surface area contributed by atoms with Crippen LogP contribution in [0.15, 0.2) is 10.6 Å². The minimum absolute atomic E-state index is 0.210. The smallest absolute Gasteiger partial charge is 0.332 e. The Morgan fingerprint density at radius 1 is 1.58 bits per heavy atom. The normalized spacial score (nSPS) is 30.6. The molecule has 1 aliphatic rings. The number of carbonyl (C=O) groups is 1. The molecule has 1 aliphatic carbocycles. The number of rotatable bonds is 1. The van der Waals surface area contributed by atoms with Gasteiger partial charge in [-0.15, -0.1) is 0 Å². The van der Waals surface area contributed by atoms with Crippen molar-refractivity contribution in [3.8, 4) is 0 Å². The molecule has 0 heterocycles. The topological polar surface area (TPSA) is 37.3 Å². The molecule has 0 radical (unpaired) electrons. The maximum atomic E-state index is 10.7. The molecule has 1 N–H and O–H groups in total. The maximum absolute atomic E-state index is 10.7. The Morgan fingerprint density at radius 3 is 2.67 bits per heavy atom. The van der Waals surface area contributed by atoms with Crippen molar-refractivity contribution in [1.82, 2.24) is 0 Å². The molecule has 0 saturated carbocycles. The molecule has 0 aromatic rings. The highest BCUT2D eigenvalue weighted by Gasteiger charge is 2.26. The highest BCUT2D eigenvalue weighted by atomic mass is 35.5. The second-order valence-electron chi connectivity index (χ2n) is 3.58. The van der Waals surface area contributed by atoms with Crippen LogP contribution in [0.1, 0.15) is 26.7 Å². The molecule has 0 amide bonds. The second kappa shape index (κ2) is 3.48. The molecule has 2 atom stereocenters. The van der Waals surface area contributed by atoms with Crippen LogP contribution >= 0.6 is 11.6 Å². The SMILES string of the molecule is CC1CC(C(=O)O)=C(Cl)C(C)C1. The fourth-order valence-electron chi connectivity index (χ4n) is 1.72. The summed E-state index contributed by atoms with van der Waals surface area (Å²) < 4.78 is 0. The molecular weight excluding hydrogens is 176 g/mol. The van der Waals surface area contributed by atoms with Gasteiger partial charge in [0.2, 0.25) is 0 Å². The third-order valence-electron chi connectivity index (χ3n) is 2.29. The van der Waals surface area contributed by atoms with E-state index in [9.17, 15) is 4.79 Å². The van der Waals surface area contributed by atoms with Crippen LogP contribution in [0, 0.1) is 11.8 Å². The van der Waals surface area contributed by atoms with Crippen LogP contribution in [-0.4, -0.2) is 11.1 Å². The van der Waals surface area contributed by atoms with Crippen LogP contribution in [0.4, 0.5) is 0 Å². The average Bonchev–Trinajstić information content (AvgIpc) is 1.96. The Morgan fingerprint density at radius 2 is 2.17 bits per heavy atom. The number of hydrogen-bond donors (Lipinski definition) is 1. The summed E-state index contributed by atoms with van der Waals surface area (Å²) in [6.07, 6.45) is 1.61. The molecule has 12 heavy (non-hydrogen) atoms. The number of carboxylic acid groups (broad SMARTS) is 1. The van der Waals surface area contributed by atoms with Crippen molar-refractivity contribution in [2.24, 2.45) is 11.8 Å². The lowest BCUT2D eigenvalue weighted by molar-refractivity contribution is -0.133. The fraction of sp³-hybridized carbons (Fsp3) is 0.667. The zero-order valence-corrected chi connectivity index (χ0v) is 8.06. The lowest BCUT2D eigenvalue weighted by Gasteiger charge is -2.24. The summed E-state index contributed by atoms with van der Waals surface area (Å²) in [4.78, 5) is 10.7. The van der Waals surface area contributed by atoms with E-state index in [0.29, 0.717) is 22.9 Å². The highest BCUT2D eigenvalue weighted by molar-refractivity contribution is 6.31. The van der Waals surface area contributed by atoms with E-state index in [4.69, 9.17) is 16.7 Å². The molecule has 0 aromatic carbocycles. The minimum Gasteiger partial charge on any atom is -0.478 e. The van der Waals surface area contributed by atoms with Crippen LogP contribution in [0.25, 0.3) is 0 Å². The van der Waals surface area contributed by atoms with E-state index in [2.05, 4.69) is 6.92 Å². The van der Waals surface area contributed by atoms with E-state index in [1.165, 1.54) is 0 Å². The largest absolute Gasteiger partial charge is 0.478 e. The van der Waals surface area contributed by atoms with Crippen LogP contribution in [0.3, 0.4) is 0 Å². The lowest BCUT2D eigenvalue weighted by atomic mass is 9.84. The quantitative estimate of drug-likeness (QED) is 0.687. The molecule has 3 heteroatoms. The van der Waals surface area contributed by atoms with Crippen molar-refractivity contribution in [1.29, 1.82) is 0 Å². The summed E-state index contributed by atoms with van der Waals surface area (Å²) in [7, 11) is 0. The van der Waals surface area contributed by atoms with Crippen molar-refractivity contribution < 1.29 is 9.90 Å². The van der Waals surface area contributed by atoms with Crippen molar-refractivity contribution in [2.45, 2.75) is 26.7 Å². The van der Waals surface area contributed by atoms with Gasteiger partial charge in [-0.1, -0.05) is 25.4 Å². The average molecular weight is 189 g/mol. The zero-order chi connectivity index (χ0) is 9.30. The van der Waals surface area contributed by atoms with Gasteiger partial charge >= 0.3 is 5.97 Å². The summed E-state index contributed by atoms with van der Waals surface area (Å²) in [6, 6.07) is 0. The van der Waals surface area contributed by atoms with Crippen molar-refractivity contribution in [2.75, 3.05) is 0 Å². The van der Waals surface area contributed by atoms with E-state index in [-0.39, 0.29) is 5.92 Å². The molecule has 68 valence electrons. The third-order valence-corrected chi connectivity index (χ3v) is 2.89. The Kier molecular flexibility index (Phi) is 2.78. The Hall–Kier alpha value is -0.500. The van der Waals surface area contributed by atoms with Gasteiger partial charge in [-0.3, -0.25) is 0 Å². The van der Waals surface area contributed by atoms with Gasteiger partial charge in [0.15, 0.2) is 0 Å². The minimum atomic E-state index is -0.863. The molecule has 0 spiro atoms. The van der Waals surface area contributed by atoms with Gasteiger partial charge in [-0.25, -0.2) is 4.79 Å². The first-order valence-electron chi connectivity index (χ1n) is 4.14. The summed E-state index contributed by atoms with van der Waals surface area (Å²) in [5, 5.41) is 9.34. The molecule has 0 aromatic heterocycles. The standard InChI is InChI=1S/C9H13ClO2/c1-5-3-6(2)8(10)7(4-5)9(11)12/h5-6H,3-4H2,1-2H3,(H,11,12). The number of hydrogen-bond acceptors (Lipinski definition) is 1. The van der Waals surface area contributed by atoms with Crippen LogP contribution < -0.4 is 0 Å². The van der Waals surface area contributed by atoms with Gasteiger partial charge in [0.05, 0.1) is 5.57 Å². The fourth-order valence-corrected chi connectivity index (χ4v) is 1.97. The van der Waals surface area contributed by atoms with E-state index < -0.39 is 5.97 Å². The Bertz CT molecular complexity index is 233. The van der Waals surface area contributed by atoms with Crippen LogP contribution in [0.5, 0.6) is 0 Å². The molecular formula is C9H13ClO2. The molecule has 2 nitrogen and oxygen atoms in total. The Labute approximate surface area is 77.2 Å². The number of aliphatic carboxylic acids is 1. The summed E-state index contributed by atoms with van der Waals surface area (Å²) in [5.74, 6) is -0.214. The molecule has 2 unspecified atom stereocenters. The predicted molar refractivity (Wildman–Crippen MR) is 48.1 cm³/mol. The number of halogens is 1. The molecule has 0 aliphatic heterocycles. The van der Waals surface area contributed by atoms with Gasteiger partial charge in [0.25, 0.3) is 0 Å². The monoisotopic (exact) mass is 188 g/mol. The van der Waals surface area contributed by atoms with Crippen molar-refractivity contribution in [3.63, 3.8) is 0 Å². The number of carboxylic acids is 1. The zero-order valence-electron chi connectivity index (χ0n) is 7.30. The number of allylic oxidation sites excluding steroid dienone is 1. The maximum Gasteiger partial charge on any atom is 0.332 e. The van der Waals surface area contributed by atoms with Crippen molar-refractivity contribution >= 4 is 17.6 Å². The lowest BCUT2D eigenvalue weighted by Crippen LogP contribution is -2.17. The van der Waals surface area contributed by atoms with E-state index in [1.54, 1.807) is 0 Å². The summed E-state index contributed by atoms with van der Waals surface area (Å²) in [6.45, 7) is 4.03. The summed E-state index contributed by atoms with van der Waals surface area (Å²) in [5.41, 5.74) is 0.405. The van der Waals surface area contributed by atoms with E-state index in [0.717, 1.165) is 6.42 Å². The van der Waals surface area contributed by atoms with E-state index >= 15 is 0 Å². The van der Waals surface area contributed by atoms with Gasteiger partial charge in [-0.05, 0) is 24.7 Å². The van der Waals surface area contributed by atoms with Crippen LogP contribution in [0.2, 0.25) is 0 Å². The first-order valence-corrected chi connectivity index (χ1v) is 4.52. The van der Waals surface area contributed by atoms with Crippen molar-refractivity contribution in [3.05, 3.63) is 10.6 Å².